The Bertz CT molecular complexity index is 1290. The van der Waals surface area contributed by atoms with Gasteiger partial charge in [0.15, 0.2) is 6.10 Å². The molecule has 1 fully saturated rings. The summed E-state index contributed by atoms with van der Waals surface area (Å²) in [6.07, 6.45) is 0.0551. The molecule has 3 atom stereocenters. The third-order valence-corrected chi connectivity index (χ3v) is 6.27. The largest absolute Gasteiger partial charge is 0.495 e. The summed E-state index contributed by atoms with van der Waals surface area (Å²) in [7, 11) is 0. The zero-order valence-electron chi connectivity index (χ0n) is 20.5. The van der Waals surface area contributed by atoms with Crippen LogP contribution in [0.2, 0.25) is 0 Å². The lowest BCUT2D eigenvalue weighted by Crippen LogP contribution is -2.53. The molecule has 37 heavy (non-hydrogen) atoms. The predicted molar refractivity (Wildman–Crippen MR) is 128 cm³/mol. The summed E-state index contributed by atoms with van der Waals surface area (Å²) in [5, 5.41) is 8.23. The van der Waals surface area contributed by atoms with Crippen molar-refractivity contribution < 1.29 is 32.2 Å². The number of carbonyl (C=O) groups excluding carboxylic acids is 2. The Labute approximate surface area is 211 Å². The van der Waals surface area contributed by atoms with Gasteiger partial charge in [0.1, 0.15) is 6.54 Å². The molecule has 0 spiro atoms. The van der Waals surface area contributed by atoms with E-state index in [0.29, 0.717) is 23.6 Å². The molecule has 0 radical (unpaired) electrons. The van der Waals surface area contributed by atoms with E-state index in [0.717, 1.165) is 15.5 Å². The number of morpholine rings is 1. The minimum atomic E-state index is -4.57. The molecular weight excluding hydrogens is 491 g/mol. The number of aromatic amines is 1. The monoisotopic (exact) mass is 519 g/mol. The van der Waals surface area contributed by atoms with Crippen molar-refractivity contribution in [2.75, 3.05) is 31.1 Å². The number of halogens is 3. The minimum absolute atomic E-state index is 0.0262. The molecule has 9 nitrogen and oxygen atoms in total. The van der Waals surface area contributed by atoms with Crippen LogP contribution in [0.15, 0.2) is 36.4 Å². The van der Waals surface area contributed by atoms with Crippen molar-refractivity contribution in [3.8, 4) is 0 Å². The number of fused-ring (bicyclic) bond motifs is 1. The number of carbonyl (C=O) groups is 2. The van der Waals surface area contributed by atoms with E-state index in [-0.39, 0.29) is 31.7 Å². The maximum absolute atomic E-state index is 13.4. The van der Waals surface area contributed by atoms with Gasteiger partial charge in [0, 0.05) is 24.4 Å². The summed E-state index contributed by atoms with van der Waals surface area (Å²) in [6.45, 7) is 6.30. The molecule has 12 heteroatoms. The predicted octanol–water partition coefficient (Wildman–Crippen LogP) is 1.61. The van der Waals surface area contributed by atoms with Gasteiger partial charge in [-0.25, -0.2) is 0 Å². The average molecular weight is 520 g/mol. The van der Waals surface area contributed by atoms with Crippen LogP contribution in [0.4, 0.5) is 18.9 Å². The van der Waals surface area contributed by atoms with E-state index >= 15 is 0 Å². The van der Waals surface area contributed by atoms with Crippen LogP contribution in [0.25, 0.3) is 12.7 Å². The van der Waals surface area contributed by atoms with Gasteiger partial charge in [0.2, 0.25) is 11.8 Å². The topological polar surface area (TPSA) is 101 Å². The number of nitrogens with zero attached hydrogens (tertiary/aromatic N) is 4. The van der Waals surface area contributed by atoms with Crippen LogP contribution in [-0.2, 0) is 19.1 Å². The molecular formula is C25H28F3N5O4. The minimum Gasteiger partial charge on any atom is -0.495 e. The second-order valence-corrected chi connectivity index (χ2v) is 9.04. The number of rotatable bonds is 7. The molecule has 4 rings (SSSR count). The smallest absolute Gasteiger partial charge is 0.416 e. The highest BCUT2D eigenvalue weighted by Crippen LogP contribution is 2.38. The summed E-state index contributed by atoms with van der Waals surface area (Å²) in [5.74, 6) is -0.955. The molecule has 0 saturated carbocycles. The number of aromatic nitrogens is 3. The molecule has 0 aliphatic carbocycles. The maximum atomic E-state index is 13.4. The number of amides is 2. The summed E-state index contributed by atoms with van der Waals surface area (Å²) in [6, 6.07) is 3.33. The molecule has 2 aliphatic rings. The fraction of sp³-hybridized carbons (Fsp3) is 0.440. The van der Waals surface area contributed by atoms with Crippen molar-refractivity contribution in [1.29, 1.82) is 0 Å². The molecule has 4 heterocycles. The van der Waals surface area contributed by atoms with Crippen LogP contribution in [0.3, 0.4) is 0 Å². The van der Waals surface area contributed by atoms with Crippen molar-refractivity contribution in [2.45, 2.75) is 44.6 Å². The van der Waals surface area contributed by atoms with Gasteiger partial charge in [-0.15, -0.1) is 0 Å². The van der Waals surface area contributed by atoms with Crippen LogP contribution >= 0.6 is 0 Å². The number of H-pyrrole nitrogens is 1. The molecule has 1 N–H and O–H groups in total. The van der Waals surface area contributed by atoms with Gasteiger partial charge in [-0.1, -0.05) is 6.58 Å². The van der Waals surface area contributed by atoms with E-state index in [1.54, 1.807) is 43.6 Å². The van der Waals surface area contributed by atoms with Gasteiger partial charge in [0.25, 0.3) is 0 Å². The second kappa shape index (κ2) is 10.8. The van der Waals surface area contributed by atoms with Gasteiger partial charge in [-0.05, 0) is 38.1 Å². The number of nitrogens with one attached hydrogen (secondary N) is 1. The number of pyridine rings is 1. The lowest BCUT2D eigenvalue weighted by Gasteiger charge is -2.34. The van der Waals surface area contributed by atoms with Gasteiger partial charge >= 0.3 is 6.18 Å². The molecule has 0 aromatic carbocycles. The normalized spacial score (nSPS) is 21.8. The number of anilines is 1. The Morgan fingerprint density at radius 2 is 2.22 bits per heavy atom. The number of hydrogen-bond donors (Lipinski definition) is 1. The fourth-order valence-electron chi connectivity index (χ4n) is 4.42. The Kier molecular flexibility index (Phi) is 7.67. The quantitative estimate of drug-likeness (QED) is 0.558. The van der Waals surface area contributed by atoms with Crippen LogP contribution in [-0.4, -0.2) is 76.5 Å². The van der Waals surface area contributed by atoms with E-state index in [9.17, 15) is 22.8 Å². The van der Waals surface area contributed by atoms with E-state index in [1.165, 1.54) is 4.90 Å². The van der Waals surface area contributed by atoms with Gasteiger partial charge in [-0.3, -0.25) is 19.7 Å². The first-order valence-corrected chi connectivity index (χ1v) is 11.8. The van der Waals surface area contributed by atoms with Gasteiger partial charge in [0.05, 0.1) is 53.9 Å². The van der Waals surface area contributed by atoms with Crippen LogP contribution in [0.5, 0.6) is 0 Å². The molecule has 198 valence electrons. The van der Waals surface area contributed by atoms with Crippen molar-refractivity contribution in [1.82, 2.24) is 20.1 Å². The number of alkyl halides is 3. The molecule has 2 aromatic rings. The van der Waals surface area contributed by atoms with Gasteiger partial charge in [-0.2, -0.15) is 18.3 Å². The van der Waals surface area contributed by atoms with Crippen LogP contribution in [0.1, 0.15) is 31.9 Å². The Morgan fingerprint density at radius 1 is 1.43 bits per heavy atom. The SMILES string of the molecule is C=c1cn[nH]/c1=C/C=C(\C)OC(C)CC1C(=O)N(CC(=O)N2CCOC(C(F)(F)F)C2)c2cccnc21. The van der Waals surface area contributed by atoms with Crippen LogP contribution in [0, 0.1) is 0 Å². The first kappa shape index (κ1) is 26.4. The zero-order valence-corrected chi connectivity index (χ0v) is 20.5. The molecule has 2 amide bonds. The van der Waals surface area contributed by atoms with Crippen molar-refractivity contribution >= 4 is 30.2 Å². The number of allylic oxidation sites excluding steroid dienone is 2. The Morgan fingerprint density at radius 3 is 2.92 bits per heavy atom. The molecule has 3 unspecified atom stereocenters. The third kappa shape index (κ3) is 6.01. The molecule has 0 bridgehead atoms. The van der Waals surface area contributed by atoms with E-state index in [4.69, 9.17) is 9.47 Å². The fourth-order valence-corrected chi connectivity index (χ4v) is 4.42. The Balaban J connectivity index is 1.43. The summed E-state index contributed by atoms with van der Waals surface area (Å²) < 4.78 is 50.0. The van der Waals surface area contributed by atoms with E-state index < -0.39 is 30.7 Å². The lowest BCUT2D eigenvalue weighted by atomic mass is 9.99. The maximum Gasteiger partial charge on any atom is 0.416 e. The summed E-state index contributed by atoms with van der Waals surface area (Å²) >= 11 is 0. The van der Waals surface area contributed by atoms with Crippen molar-refractivity contribution in [2.24, 2.45) is 0 Å². The first-order valence-electron chi connectivity index (χ1n) is 11.8. The zero-order chi connectivity index (χ0) is 26.7. The molecule has 2 aliphatic heterocycles. The number of ether oxygens (including phenoxy) is 2. The van der Waals surface area contributed by atoms with Crippen molar-refractivity contribution in [3.05, 3.63) is 52.6 Å². The standard InChI is InChI=1S/C25H28F3N5O4/c1-15-12-30-31-19(15)7-6-16(2)37-17(3)11-18-23-20(5-4-8-29-23)33(24(18)35)14-22(34)32-9-10-36-21(13-32)25(26,27)28/h4-8,12,17-18,21,31H,1,9-11,13-14H2,2-3H3/b16-6+,19-7+. The van der Waals surface area contributed by atoms with Crippen molar-refractivity contribution in [3.63, 3.8) is 0 Å². The van der Waals surface area contributed by atoms with Crippen LogP contribution < -0.4 is 15.5 Å². The van der Waals surface area contributed by atoms with E-state index in [2.05, 4.69) is 21.8 Å². The highest BCUT2D eigenvalue weighted by Gasteiger charge is 2.45. The van der Waals surface area contributed by atoms with E-state index in [1.807, 2.05) is 6.92 Å². The average Bonchev–Trinajstić information content (AvgIpc) is 3.38. The highest BCUT2D eigenvalue weighted by atomic mass is 19.4. The van der Waals surface area contributed by atoms with Gasteiger partial charge < -0.3 is 19.3 Å². The summed E-state index contributed by atoms with van der Waals surface area (Å²) in [5.41, 5.74) is 0.986. The first-order chi connectivity index (χ1) is 17.5. The summed E-state index contributed by atoms with van der Waals surface area (Å²) in [4.78, 5) is 33.0. The Hall–Kier alpha value is -3.67. The lowest BCUT2D eigenvalue weighted by molar-refractivity contribution is -0.236. The number of hydrogen-bond acceptors (Lipinski definition) is 6. The highest BCUT2D eigenvalue weighted by molar-refractivity contribution is 6.07. The molecule has 1 saturated heterocycles. The second-order valence-electron chi connectivity index (χ2n) is 9.04. The molecule has 2 aromatic heterocycles. The third-order valence-electron chi connectivity index (χ3n) is 6.27.